The first kappa shape index (κ1) is 18.0. The molecule has 1 fully saturated rings. The van der Waals surface area contributed by atoms with Crippen LogP contribution >= 0.6 is 0 Å². The number of likely N-dealkylation sites (N-methyl/N-ethyl adjacent to an activating group) is 1. The number of hydrogen-bond acceptors (Lipinski definition) is 8. The fourth-order valence-corrected chi connectivity index (χ4v) is 2.81. The van der Waals surface area contributed by atoms with Crippen LogP contribution in [0.5, 0.6) is 0 Å². The number of nitrogens with zero attached hydrogens (tertiary/aromatic N) is 5. The minimum absolute atomic E-state index is 0.143. The Morgan fingerprint density at radius 2 is 2.27 bits per heavy atom. The van der Waals surface area contributed by atoms with E-state index in [1.165, 1.54) is 6.20 Å². The van der Waals surface area contributed by atoms with Gasteiger partial charge in [0.25, 0.3) is 5.91 Å². The Morgan fingerprint density at radius 3 is 3.00 bits per heavy atom. The van der Waals surface area contributed by atoms with Crippen LogP contribution in [0.4, 0.5) is 11.8 Å². The Kier molecular flexibility index (Phi) is 5.57. The highest BCUT2D eigenvalue weighted by molar-refractivity contribution is 5.94. The molecule has 9 nitrogen and oxygen atoms in total. The zero-order valence-corrected chi connectivity index (χ0v) is 15.0. The first-order valence-corrected chi connectivity index (χ1v) is 8.52. The van der Waals surface area contributed by atoms with E-state index >= 15 is 0 Å². The average Bonchev–Trinajstić information content (AvgIpc) is 3.16. The van der Waals surface area contributed by atoms with Crippen molar-refractivity contribution in [2.75, 3.05) is 44.4 Å². The van der Waals surface area contributed by atoms with Gasteiger partial charge in [0.2, 0.25) is 5.95 Å². The fraction of sp³-hybridized carbons (Fsp3) is 0.471. The van der Waals surface area contributed by atoms with Crippen molar-refractivity contribution in [2.24, 2.45) is 0 Å². The van der Waals surface area contributed by atoms with Gasteiger partial charge in [-0.05, 0) is 13.3 Å². The molecular formula is C17H23N7O2. The third-order valence-electron chi connectivity index (χ3n) is 4.36. The lowest BCUT2D eigenvalue weighted by Gasteiger charge is -2.18. The van der Waals surface area contributed by atoms with Gasteiger partial charge in [0.1, 0.15) is 12.1 Å². The summed E-state index contributed by atoms with van der Waals surface area (Å²) in [5.41, 5.74) is 7.54. The minimum Gasteiger partial charge on any atom is -0.381 e. The summed E-state index contributed by atoms with van der Waals surface area (Å²) in [6.45, 7) is 4.30. The molecule has 0 aromatic carbocycles. The van der Waals surface area contributed by atoms with Crippen LogP contribution < -0.4 is 11.1 Å². The lowest BCUT2D eigenvalue weighted by atomic mass is 10.1. The third-order valence-corrected chi connectivity index (χ3v) is 4.36. The quantitative estimate of drug-likeness (QED) is 0.781. The van der Waals surface area contributed by atoms with E-state index in [0.29, 0.717) is 36.9 Å². The van der Waals surface area contributed by atoms with Crippen LogP contribution in [0, 0.1) is 6.92 Å². The van der Waals surface area contributed by atoms with Gasteiger partial charge >= 0.3 is 0 Å². The monoisotopic (exact) mass is 357 g/mol. The molecule has 1 aliphatic heterocycles. The third kappa shape index (κ3) is 4.23. The van der Waals surface area contributed by atoms with Crippen LogP contribution in [0.2, 0.25) is 0 Å². The molecule has 0 bridgehead atoms. The van der Waals surface area contributed by atoms with Crippen molar-refractivity contribution >= 4 is 17.7 Å². The number of rotatable bonds is 6. The van der Waals surface area contributed by atoms with E-state index in [4.69, 9.17) is 10.5 Å². The summed E-state index contributed by atoms with van der Waals surface area (Å²) < 4.78 is 5.41. The zero-order chi connectivity index (χ0) is 18.5. The molecule has 3 N–H and O–H groups in total. The van der Waals surface area contributed by atoms with Gasteiger partial charge < -0.3 is 20.7 Å². The predicted molar refractivity (Wildman–Crippen MR) is 96.8 cm³/mol. The molecule has 0 aliphatic carbocycles. The number of nitrogens with two attached hydrogens (primary N) is 1. The molecule has 1 saturated heterocycles. The highest BCUT2D eigenvalue weighted by Gasteiger charge is 2.19. The molecule has 9 heteroatoms. The molecule has 26 heavy (non-hydrogen) atoms. The van der Waals surface area contributed by atoms with Crippen LogP contribution in [0.1, 0.15) is 34.1 Å². The highest BCUT2D eigenvalue weighted by Crippen LogP contribution is 2.24. The highest BCUT2D eigenvalue weighted by atomic mass is 16.5. The van der Waals surface area contributed by atoms with E-state index in [2.05, 4.69) is 25.3 Å². The van der Waals surface area contributed by atoms with Crippen molar-refractivity contribution in [3.63, 3.8) is 0 Å². The molecule has 138 valence electrons. The van der Waals surface area contributed by atoms with Crippen molar-refractivity contribution in [3.05, 3.63) is 35.5 Å². The number of carbonyl (C=O) groups excluding carboxylic acids is 1. The molecule has 0 spiro atoms. The fourth-order valence-electron chi connectivity index (χ4n) is 2.81. The Bertz CT molecular complexity index is 777. The molecule has 3 heterocycles. The van der Waals surface area contributed by atoms with Gasteiger partial charge in [-0.25, -0.2) is 19.9 Å². The number of ether oxygens (including phenoxy) is 1. The van der Waals surface area contributed by atoms with Crippen LogP contribution in [-0.2, 0) is 4.74 Å². The zero-order valence-electron chi connectivity index (χ0n) is 15.0. The number of nitrogen functional groups attached to an aromatic ring is 1. The van der Waals surface area contributed by atoms with Crippen LogP contribution in [0.3, 0.4) is 0 Å². The molecule has 1 amide bonds. The first-order valence-electron chi connectivity index (χ1n) is 8.52. The van der Waals surface area contributed by atoms with Gasteiger partial charge in [-0.1, -0.05) is 0 Å². The summed E-state index contributed by atoms with van der Waals surface area (Å²) >= 11 is 0. The number of aromatic nitrogens is 4. The number of carbonyl (C=O) groups is 1. The minimum atomic E-state index is -0.143. The maximum atomic E-state index is 12.5. The van der Waals surface area contributed by atoms with Gasteiger partial charge in [-0.15, -0.1) is 0 Å². The van der Waals surface area contributed by atoms with Crippen molar-refractivity contribution < 1.29 is 9.53 Å². The number of aryl methyl sites for hydroxylation is 1. The average molecular weight is 357 g/mol. The van der Waals surface area contributed by atoms with E-state index in [0.717, 1.165) is 24.5 Å². The summed E-state index contributed by atoms with van der Waals surface area (Å²) in [7, 11) is 1.74. The summed E-state index contributed by atoms with van der Waals surface area (Å²) in [6, 6.07) is 1.94. The predicted octanol–water partition coefficient (Wildman–Crippen LogP) is 0.845. The molecule has 1 atom stereocenters. The lowest BCUT2D eigenvalue weighted by molar-refractivity contribution is 0.0798. The van der Waals surface area contributed by atoms with Gasteiger partial charge in [0.05, 0.1) is 23.6 Å². The van der Waals surface area contributed by atoms with E-state index in [1.54, 1.807) is 25.2 Å². The standard InChI is InChI=1S/C17H23N7O2/c1-11-13(8-20-17(18)23-11)16(25)24(2)5-4-19-15-7-14(21-10-22-15)12-3-6-26-9-12/h7-8,10,12H,3-6,9H2,1-2H3,(H2,18,20,23)(H,19,21,22)/t12-/m0/s1. The summed E-state index contributed by atoms with van der Waals surface area (Å²) in [5, 5.41) is 3.23. The van der Waals surface area contributed by atoms with Gasteiger partial charge in [0.15, 0.2) is 0 Å². The summed E-state index contributed by atoms with van der Waals surface area (Å²) in [5.74, 6) is 1.09. The number of amides is 1. The van der Waals surface area contributed by atoms with Crippen LogP contribution in [0.25, 0.3) is 0 Å². The SMILES string of the molecule is Cc1nc(N)ncc1C(=O)N(C)CCNc1cc([C@H]2CCOC2)ncn1. The molecule has 0 radical (unpaired) electrons. The maximum Gasteiger partial charge on any atom is 0.257 e. The molecular weight excluding hydrogens is 334 g/mol. The number of nitrogens with one attached hydrogen (secondary N) is 1. The summed E-state index contributed by atoms with van der Waals surface area (Å²) in [4.78, 5) is 30.6. The maximum absolute atomic E-state index is 12.5. The Hall–Kier alpha value is -2.81. The molecule has 0 saturated carbocycles. The molecule has 1 aliphatic rings. The van der Waals surface area contributed by atoms with E-state index in [9.17, 15) is 4.79 Å². The lowest BCUT2D eigenvalue weighted by Crippen LogP contribution is -2.32. The van der Waals surface area contributed by atoms with Crippen molar-refractivity contribution in [1.29, 1.82) is 0 Å². The van der Waals surface area contributed by atoms with E-state index in [-0.39, 0.29) is 11.9 Å². The van der Waals surface area contributed by atoms with E-state index < -0.39 is 0 Å². The van der Waals surface area contributed by atoms with Gasteiger partial charge in [-0.2, -0.15) is 0 Å². The Morgan fingerprint density at radius 1 is 1.42 bits per heavy atom. The Labute approximate surface area is 152 Å². The van der Waals surface area contributed by atoms with Crippen molar-refractivity contribution in [2.45, 2.75) is 19.3 Å². The second kappa shape index (κ2) is 8.05. The largest absolute Gasteiger partial charge is 0.381 e. The van der Waals surface area contributed by atoms with Crippen molar-refractivity contribution in [1.82, 2.24) is 24.8 Å². The molecule has 0 unspecified atom stereocenters. The second-order valence-corrected chi connectivity index (χ2v) is 6.27. The van der Waals surface area contributed by atoms with Crippen molar-refractivity contribution in [3.8, 4) is 0 Å². The van der Waals surface area contributed by atoms with Crippen LogP contribution in [0.15, 0.2) is 18.6 Å². The molecule has 2 aromatic heterocycles. The normalized spacial score (nSPS) is 16.5. The molecule has 3 rings (SSSR count). The molecule has 2 aromatic rings. The topological polar surface area (TPSA) is 119 Å². The smallest absolute Gasteiger partial charge is 0.257 e. The summed E-state index contributed by atoms with van der Waals surface area (Å²) in [6.07, 6.45) is 4.00. The number of anilines is 2. The second-order valence-electron chi connectivity index (χ2n) is 6.27. The number of hydrogen-bond donors (Lipinski definition) is 2. The first-order chi connectivity index (χ1) is 12.5. The van der Waals surface area contributed by atoms with Crippen LogP contribution in [-0.4, -0.2) is 64.1 Å². The Balaban J connectivity index is 1.54. The van der Waals surface area contributed by atoms with Gasteiger partial charge in [-0.3, -0.25) is 4.79 Å². The van der Waals surface area contributed by atoms with Gasteiger partial charge in [0, 0.05) is 44.9 Å². The van der Waals surface area contributed by atoms with E-state index in [1.807, 2.05) is 6.07 Å².